The van der Waals surface area contributed by atoms with Gasteiger partial charge in [-0.2, -0.15) is 0 Å². The number of ketones is 1. The molecule has 0 bridgehead atoms. The zero-order valence-electron chi connectivity index (χ0n) is 20.5. The van der Waals surface area contributed by atoms with Crippen LogP contribution in [0.15, 0.2) is 42.5 Å². The second kappa shape index (κ2) is 12.1. The quantitative estimate of drug-likeness (QED) is 0.466. The standard InChI is InChI=1S/C26H32N2O7/c1-16(12-22(27)30)25(33)28-20(14-24(32)35-26(2,3)4)21(29)15-34-23(31)13-18-10-7-9-17-8-5-6-11-19(17)18/h5-11,16,20H,12-15H2,1-4H3,(H2,27,30)(H,28,33). The molecule has 0 radical (unpaired) electrons. The smallest absolute Gasteiger partial charge is 0.310 e. The van der Waals surface area contributed by atoms with Crippen LogP contribution < -0.4 is 11.1 Å². The van der Waals surface area contributed by atoms with Crippen molar-refractivity contribution in [3.8, 4) is 0 Å². The van der Waals surface area contributed by atoms with Gasteiger partial charge in [-0.3, -0.25) is 24.0 Å². The van der Waals surface area contributed by atoms with Crippen LogP contribution in [0.2, 0.25) is 0 Å². The minimum absolute atomic E-state index is 0.0482. The van der Waals surface area contributed by atoms with Crippen LogP contribution in [0.4, 0.5) is 0 Å². The molecule has 0 aromatic heterocycles. The summed E-state index contributed by atoms with van der Waals surface area (Å²) in [4.78, 5) is 61.1. The van der Waals surface area contributed by atoms with Gasteiger partial charge in [0.25, 0.3) is 0 Å². The maximum atomic E-state index is 12.8. The summed E-state index contributed by atoms with van der Waals surface area (Å²) in [6.45, 7) is 5.85. The molecule has 2 atom stereocenters. The predicted molar refractivity (Wildman–Crippen MR) is 129 cm³/mol. The van der Waals surface area contributed by atoms with E-state index in [2.05, 4.69) is 5.32 Å². The molecule has 188 valence electrons. The Balaban J connectivity index is 2.05. The first kappa shape index (κ1) is 27.5. The second-order valence-corrected chi connectivity index (χ2v) is 9.37. The third-order valence-corrected chi connectivity index (χ3v) is 5.04. The number of ether oxygens (including phenoxy) is 2. The molecule has 9 heteroatoms. The summed E-state index contributed by atoms with van der Waals surface area (Å²) in [6.07, 6.45) is -0.724. The molecular formula is C26H32N2O7. The highest BCUT2D eigenvalue weighted by Gasteiger charge is 2.29. The molecule has 2 rings (SSSR count). The number of benzene rings is 2. The van der Waals surface area contributed by atoms with Crippen LogP contribution in [0.1, 0.15) is 46.1 Å². The Kier molecular flexibility index (Phi) is 9.50. The van der Waals surface area contributed by atoms with E-state index in [9.17, 15) is 24.0 Å². The summed E-state index contributed by atoms with van der Waals surface area (Å²) < 4.78 is 10.4. The van der Waals surface area contributed by atoms with Gasteiger partial charge >= 0.3 is 11.9 Å². The highest BCUT2D eigenvalue weighted by molar-refractivity contribution is 5.95. The number of fused-ring (bicyclic) bond motifs is 1. The van der Waals surface area contributed by atoms with E-state index in [-0.39, 0.29) is 12.8 Å². The average molecular weight is 485 g/mol. The SMILES string of the molecule is CC(CC(N)=O)C(=O)NC(CC(=O)OC(C)(C)C)C(=O)COC(=O)Cc1cccc2ccccc12. The van der Waals surface area contributed by atoms with Crippen molar-refractivity contribution in [3.63, 3.8) is 0 Å². The molecule has 0 spiro atoms. The number of hydrogen-bond acceptors (Lipinski definition) is 7. The van der Waals surface area contributed by atoms with Crippen molar-refractivity contribution in [2.75, 3.05) is 6.61 Å². The molecule has 2 aromatic rings. The highest BCUT2D eigenvalue weighted by atomic mass is 16.6. The third kappa shape index (κ3) is 9.19. The summed E-state index contributed by atoms with van der Waals surface area (Å²) in [5.74, 6) is -4.13. The number of primary amides is 1. The molecule has 2 amide bonds. The Morgan fingerprint density at radius 3 is 2.26 bits per heavy atom. The lowest BCUT2D eigenvalue weighted by Gasteiger charge is -2.23. The number of esters is 2. The van der Waals surface area contributed by atoms with Crippen molar-refractivity contribution < 1.29 is 33.4 Å². The molecule has 0 saturated carbocycles. The Hall–Kier alpha value is -3.75. The van der Waals surface area contributed by atoms with Crippen LogP contribution >= 0.6 is 0 Å². The molecule has 0 heterocycles. The van der Waals surface area contributed by atoms with Gasteiger partial charge in [0.05, 0.1) is 12.8 Å². The molecule has 0 saturated heterocycles. The number of rotatable bonds is 11. The van der Waals surface area contributed by atoms with Crippen molar-refractivity contribution in [3.05, 3.63) is 48.0 Å². The fourth-order valence-electron chi connectivity index (χ4n) is 3.41. The van der Waals surface area contributed by atoms with Crippen LogP contribution in [0, 0.1) is 5.92 Å². The summed E-state index contributed by atoms with van der Waals surface area (Å²) in [5.41, 5.74) is 5.09. The van der Waals surface area contributed by atoms with Crippen molar-refractivity contribution in [2.24, 2.45) is 11.7 Å². The van der Waals surface area contributed by atoms with Crippen LogP contribution in [0.25, 0.3) is 10.8 Å². The lowest BCUT2D eigenvalue weighted by molar-refractivity contribution is -0.157. The van der Waals surface area contributed by atoms with Gasteiger partial charge in [0.2, 0.25) is 11.8 Å². The van der Waals surface area contributed by atoms with E-state index < -0.39 is 60.1 Å². The Bertz CT molecular complexity index is 1100. The fraction of sp³-hybridized carbons (Fsp3) is 0.423. The van der Waals surface area contributed by atoms with Gasteiger partial charge in [-0.1, -0.05) is 49.4 Å². The minimum atomic E-state index is -1.29. The number of carbonyl (C=O) groups is 5. The van der Waals surface area contributed by atoms with E-state index >= 15 is 0 Å². The van der Waals surface area contributed by atoms with Crippen molar-refractivity contribution in [2.45, 2.75) is 58.6 Å². The first-order valence-electron chi connectivity index (χ1n) is 11.3. The lowest BCUT2D eigenvalue weighted by atomic mass is 10.0. The van der Waals surface area contributed by atoms with Crippen LogP contribution in [-0.2, 0) is 39.9 Å². The van der Waals surface area contributed by atoms with E-state index in [1.807, 2.05) is 36.4 Å². The van der Waals surface area contributed by atoms with E-state index in [1.54, 1.807) is 26.8 Å². The number of Topliss-reactive ketones (excluding diaryl/α,β-unsaturated/α-hetero) is 1. The maximum Gasteiger partial charge on any atom is 0.310 e. The lowest BCUT2D eigenvalue weighted by Crippen LogP contribution is -2.47. The van der Waals surface area contributed by atoms with Gasteiger partial charge < -0.3 is 20.5 Å². The molecule has 0 fully saturated rings. The van der Waals surface area contributed by atoms with Crippen molar-refractivity contribution in [1.29, 1.82) is 0 Å². The Morgan fingerprint density at radius 2 is 1.60 bits per heavy atom. The first-order valence-corrected chi connectivity index (χ1v) is 11.3. The normalized spacial score (nSPS) is 12.9. The Morgan fingerprint density at radius 1 is 0.943 bits per heavy atom. The van der Waals surface area contributed by atoms with Crippen molar-refractivity contribution >= 4 is 40.3 Å². The molecule has 9 nitrogen and oxygen atoms in total. The summed E-state index contributed by atoms with van der Waals surface area (Å²) in [6, 6.07) is 11.8. The minimum Gasteiger partial charge on any atom is -0.460 e. The number of hydrogen-bond donors (Lipinski definition) is 2. The zero-order valence-corrected chi connectivity index (χ0v) is 20.5. The zero-order chi connectivity index (χ0) is 26.2. The van der Waals surface area contributed by atoms with Crippen molar-refractivity contribution in [1.82, 2.24) is 5.32 Å². The van der Waals surface area contributed by atoms with Gasteiger partial charge in [0.1, 0.15) is 11.6 Å². The van der Waals surface area contributed by atoms with Crippen LogP contribution in [-0.4, -0.2) is 47.8 Å². The average Bonchev–Trinajstić information content (AvgIpc) is 2.75. The third-order valence-electron chi connectivity index (χ3n) is 5.04. The number of nitrogens with two attached hydrogens (primary N) is 1. The topological polar surface area (TPSA) is 142 Å². The monoisotopic (exact) mass is 484 g/mol. The molecule has 2 unspecified atom stereocenters. The van der Waals surface area contributed by atoms with E-state index in [1.165, 1.54) is 6.92 Å². The molecule has 2 aromatic carbocycles. The summed E-state index contributed by atoms with van der Waals surface area (Å²) in [5, 5.41) is 4.32. The van der Waals surface area contributed by atoms with Gasteiger partial charge in [0.15, 0.2) is 12.4 Å². The van der Waals surface area contributed by atoms with E-state index in [0.29, 0.717) is 0 Å². The molecule has 0 aliphatic rings. The van der Waals surface area contributed by atoms with Gasteiger partial charge in [0, 0.05) is 12.3 Å². The van der Waals surface area contributed by atoms with E-state index in [0.717, 1.165) is 16.3 Å². The number of amides is 2. The number of carbonyl (C=O) groups excluding carboxylic acids is 5. The number of nitrogens with one attached hydrogen (secondary N) is 1. The van der Waals surface area contributed by atoms with Crippen LogP contribution in [0.3, 0.4) is 0 Å². The molecule has 0 aliphatic heterocycles. The maximum absolute atomic E-state index is 12.8. The van der Waals surface area contributed by atoms with E-state index in [4.69, 9.17) is 15.2 Å². The molecule has 0 aliphatic carbocycles. The van der Waals surface area contributed by atoms with Gasteiger partial charge in [-0.05, 0) is 37.1 Å². The Labute approximate surface area is 204 Å². The molecule has 3 N–H and O–H groups in total. The van der Waals surface area contributed by atoms with Gasteiger partial charge in [-0.15, -0.1) is 0 Å². The summed E-state index contributed by atoms with van der Waals surface area (Å²) >= 11 is 0. The molecule has 35 heavy (non-hydrogen) atoms. The second-order valence-electron chi connectivity index (χ2n) is 9.37. The van der Waals surface area contributed by atoms with Crippen LogP contribution in [0.5, 0.6) is 0 Å². The first-order chi connectivity index (χ1) is 16.4. The summed E-state index contributed by atoms with van der Waals surface area (Å²) in [7, 11) is 0. The largest absolute Gasteiger partial charge is 0.460 e. The fourth-order valence-corrected chi connectivity index (χ4v) is 3.41. The predicted octanol–water partition coefficient (Wildman–Crippen LogP) is 2.22. The van der Waals surface area contributed by atoms with Gasteiger partial charge in [-0.25, -0.2) is 0 Å². The highest BCUT2D eigenvalue weighted by Crippen LogP contribution is 2.19. The molecular weight excluding hydrogens is 452 g/mol.